The fourth-order valence-electron chi connectivity index (χ4n) is 2.47. The van der Waals surface area contributed by atoms with Gasteiger partial charge in [-0.05, 0) is 25.3 Å². The number of hydrogen-bond donors (Lipinski definition) is 3. The Labute approximate surface area is 134 Å². The molecular weight excluding hydrogens is 294 g/mol. The van der Waals surface area contributed by atoms with Gasteiger partial charge in [-0.25, -0.2) is 0 Å². The molecule has 1 amide bonds. The molecule has 4 N–H and O–H groups in total. The quantitative estimate of drug-likeness (QED) is 0.771. The monoisotopic (exact) mass is 315 g/mol. The van der Waals surface area contributed by atoms with Gasteiger partial charge in [0, 0.05) is 26.3 Å². The van der Waals surface area contributed by atoms with Gasteiger partial charge in [-0.2, -0.15) is 15.2 Å². The van der Waals surface area contributed by atoms with Crippen molar-refractivity contribution < 1.29 is 4.79 Å². The maximum Gasteiger partial charge on any atom is 0.236 e. The summed E-state index contributed by atoms with van der Waals surface area (Å²) in [5.74, 6) is 1.01. The lowest BCUT2D eigenvalue weighted by Crippen LogP contribution is -2.35. The first-order valence-corrected chi connectivity index (χ1v) is 7.58. The van der Waals surface area contributed by atoms with Crippen LogP contribution in [0.15, 0.2) is 12.3 Å². The molecule has 0 spiro atoms. The standard InChI is InChI=1S/C8H12N2O.C7H9N5/c9-5-4-8(11)10-6-2-1-3-7-10;1-9-5-4-2-3-10-6(4)12-7(8)11-5/h1-4,6-7H2;2-3H,1H3,(H4,8,9,10,11,12). The van der Waals surface area contributed by atoms with Crippen molar-refractivity contribution in [1.82, 2.24) is 19.9 Å². The number of amides is 1. The van der Waals surface area contributed by atoms with Crippen molar-refractivity contribution in [3.63, 3.8) is 0 Å². The summed E-state index contributed by atoms with van der Waals surface area (Å²) < 4.78 is 0. The summed E-state index contributed by atoms with van der Waals surface area (Å²) in [5, 5.41) is 12.2. The maximum atomic E-state index is 11.1. The Morgan fingerprint density at radius 2 is 2.17 bits per heavy atom. The van der Waals surface area contributed by atoms with E-state index >= 15 is 0 Å². The van der Waals surface area contributed by atoms with Crippen LogP contribution < -0.4 is 11.1 Å². The van der Waals surface area contributed by atoms with E-state index in [0.29, 0.717) is 0 Å². The van der Waals surface area contributed by atoms with Crippen molar-refractivity contribution in [2.75, 3.05) is 31.2 Å². The van der Waals surface area contributed by atoms with Crippen LogP contribution in [0, 0.1) is 11.3 Å². The second kappa shape index (κ2) is 7.98. The number of nitrogen functional groups attached to an aromatic ring is 1. The topological polar surface area (TPSA) is 124 Å². The second-order valence-electron chi connectivity index (χ2n) is 5.20. The first kappa shape index (κ1) is 16.5. The molecule has 122 valence electrons. The van der Waals surface area contributed by atoms with Crippen LogP contribution in [0.4, 0.5) is 11.8 Å². The Balaban J connectivity index is 0.000000168. The molecule has 2 aromatic rings. The van der Waals surface area contributed by atoms with Gasteiger partial charge in [0.1, 0.15) is 17.9 Å². The third-order valence-corrected chi connectivity index (χ3v) is 3.61. The van der Waals surface area contributed by atoms with E-state index in [1.165, 1.54) is 6.42 Å². The van der Waals surface area contributed by atoms with Gasteiger partial charge >= 0.3 is 0 Å². The molecule has 0 aromatic carbocycles. The van der Waals surface area contributed by atoms with Crippen molar-refractivity contribution in [1.29, 1.82) is 5.26 Å². The van der Waals surface area contributed by atoms with Gasteiger partial charge in [-0.15, -0.1) is 0 Å². The Bertz CT molecular complexity index is 697. The molecule has 0 aliphatic carbocycles. The predicted octanol–water partition coefficient (Wildman–Crippen LogP) is 1.49. The number of piperidine rings is 1. The average Bonchev–Trinajstić information content (AvgIpc) is 3.04. The molecule has 0 atom stereocenters. The van der Waals surface area contributed by atoms with Crippen LogP contribution >= 0.6 is 0 Å². The minimum Gasteiger partial charge on any atom is -0.372 e. The average molecular weight is 315 g/mol. The van der Waals surface area contributed by atoms with Gasteiger partial charge in [0.05, 0.1) is 11.5 Å². The lowest BCUT2D eigenvalue weighted by molar-refractivity contribution is -0.130. The van der Waals surface area contributed by atoms with Crippen molar-refractivity contribution in [3.8, 4) is 6.07 Å². The molecule has 3 rings (SSSR count). The van der Waals surface area contributed by atoms with Gasteiger partial charge in [0.15, 0.2) is 0 Å². The normalized spacial score (nSPS) is 13.8. The molecule has 8 heteroatoms. The fourth-order valence-corrected chi connectivity index (χ4v) is 2.47. The molecule has 0 saturated carbocycles. The van der Waals surface area contributed by atoms with E-state index in [2.05, 4.69) is 20.3 Å². The number of nitrogens with two attached hydrogens (primary N) is 1. The molecule has 3 heterocycles. The van der Waals surface area contributed by atoms with Crippen molar-refractivity contribution >= 4 is 28.7 Å². The number of rotatable bonds is 2. The van der Waals surface area contributed by atoms with E-state index in [-0.39, 0.29) is 18.3 Å². The van der Waals surface area contributed by atoms with Crippen LogP contribution in [0.1, 0.15) is 25.7 Å². The number of carbonyl (C=O) groups excluding carboxylic acids is 1. The number of nitrogens with one attached hydrogen (secondary N) is 2. The molecule has 0 bridgehead atoms. The number of H-pyrrole nitrogens is 1. The Morgan fingerprint density at radius 3 is 2.83 bits per heavy atom. The van der Waals surface area contributed by atoms with E-state index in [1.54, 1.807) is 18.1 Å². The Morgan fingerprint density at radius 1 is 1.43 bits per heavy atom. The minimum atomic E-state index is -0.00722. The second-order valence-corrected chi connectivity index (χ2v) is 5.20. The van der Waals surface area contributed by atoms with E-state index in [4.69, 9.17) is 11.0 Å². The molecule has 1 aliphatic rings. The number of hydrogen-bond acceptors (Lipinski definition) is 6. The van der Waals surface area contributed by atoms with Gasteiger partial charge in [0.25, 0.3) is 0 Å². The van der Waals surface area contributed by atoms with E-state index < -0.39 is 0 Å². The number of likely N-dealkylation sites (tertiary alicyclic amines) is 1. The highest BCUT2D eigenvalue weighted by Crippen LogP contribution is 2.18. The number of aromatic amines is 1. The van der Waals surface area contributed by atoms with Crippen LogP contribution in [0.5, 0.6) is 0 Å². The SMILES string of the molecule is CNc1nc(N)nc2[nH]ccc12.N#CCC(=O)N1CCCCC1. The molecule has 23 heavy (non-hydrogen) atoms. The summed E-state index contributed by atoms with van der Waals surface area (Å²) in [5.41, 5.74) is 6.23. The lowest BCUT2D eigenvalue weighted by atomic mass is 10.1. The molecular formula is C15H21N7O. The number of fused-ring (bicyclic) bond motifs is 1. The van der Waals surface area contributed by atoms with Crippen LogP contribution in [0.2, 0.25) is 0 Å². The fraction of sp³-hybridized carbons (Fsp3) is 0.467. The van der Waals surface area contributed by atoms with Crippen molar-refractivity contribution in [3.05, 3.63) is 12.3 Å². The van der Waals surface area contributed by atoms with Gasteiger partial charge in [0.2, 0.25) is 11.9 Å². The molecule has 1 fully saturated rings. The van der Waals surface area contributed by atoms with Crippen LogP contribution in [0.25, 0.3) is 11.0 Å². The first-order chi connectivity index (χ1) is 11.2. The summed E-state index contributed by atoms with van der Waals surface area (Å²) in [4.78, 5) is 23.9. The molecule has 2 aromatic heterocycles. The van der Waals surface area contributed by atoms with Gasteiger partial charge < -0.3 is 20.9 Å². The third kappa shape index (κ3) is 4.32. The van der Waals surface area contributed by atoms with Gasteiger partial charge in [-0.1, -0.05) is 0 Å². The summed E-state index contributed by atoms with van der Waals surface area (Å²) in [7, 11) is 1.80. The summed E-state index contributed by atoms with van der Waals surface area (Å²) in [6.45, 7) is 1.70. The summed E-state index contributed by atoms with van der Waals surface area (Å²) in [6, 6.07) is 3.78. The zero-order valence-electron chi connectivity index (χ0n) is 13.2. The zero-order chi connectivity index (χ0) is 16.7. The minimum absolute atomic E-state index is 0.00722. The van der Waals surface area contributed by atoms with Crippen molar-refractivity contribution in [2.24, 2.45) is 0 Å². The summed E-state index contributed by atoms with van der Waals surface area (Å²) in [6.07, 6.45) is 5.25. The number of carbonyl (C=O) groups is 1. The highest BCUT2D eigenvalue weighted by atomic mass is 16.2. The number of nitrogens with zero attached hydrogens (tertiary/aromatic N) is 4. The van der Waals surface area contributed by atoms with E-state index in [0.717, 1.165) is 42.8 Å². The highest BCUT2D eigenvalue weighted by molar-refractivity contribution is 5.87. The smallest absolute Gasteiger partial charge is 0.236 e. The van der Waals surface area contributed by atoms with Gasteiger partial charge in [-0.3, -0.25) is 4.79 Å². The number of anilines is 2. The van der Waals surface area contributed by atoms with Crippen molar-refractivity contribution in [2.45, 2.75) is 25.7 Å². The third-order valence-electron chi connectivity index (χ3n) is 3.61. The molecule has 1 aliphatic heterocycles. The Kier molecular flexibility index (Phi) is 5.74. The molecule has 1 saturated heterocycles. The van der Waals surface area contributed by atoms with E-state index in [9.17, 15) is 4.79 Å². The number of aromatic nitrogens is 3. The van der Waals surface area contributed by atoms with E-state index in [1.807, 2.05) is 12.1 Å². The number of nitriles is 1. The maximum absolute atomic E-state index is 11.1. The van der Waals surface area contributed by atoms with Crippen LogP contribution in [-0.2, 0) is 4.79 Å². The first-order valence-electron chi connectivity index (χ1n) is 7.58. The largest absolute Gasteiger partial charge is 0.372 e. The molecule has 0 radical (unpaired) electrons. The highest BCUT2D eigenvalue weighted by Gasteiger charge is 2.15. The zero-order valence-corrected chi connectivity index (χ0v) is 13.2. The lowest BCUT2D eigenvalue weighted by Gasteiger charge is -2.25. The van der Waals surface area contributed by atoms with Crippen LogP contribution in [-0.4, -0.2) is 45.9 Å². The Hall–Kier alpha value is -2.82. The molecule has 8 nitrogen and oxygen atoms in total. The molecule has 0 unspecified atom stereocenters. The van der Waals surface area contributed by atoms with Crippen LogP contribution in [0.3, 0.4) is 0 Å². The summed E-state index contributed by atoms with van der Waals surface area (Å²) >= 11 is 0. The predicted molar refractivity (Wildman–Crippen MR) is 88.5 cm³/mol.